The summed E-state index contributed by atoms with van der Waals surface area (Å²) < 4.78 is 0.861. The summed E-state index contributed by atoms with van der Waals surface area (Å²) in [6.07, 6.45) is 1.26. The van der Waals surface area contributed by atoms with Crippen LogP contribution in [-0.4, -0.2) is 35.1 Å². The number of halogens is 2. The minimum atomic E-state index is -0.882. The van der Waals surface area contributed by atoms with Crippen molar-refractivity contribution in [2.45, 2.75) is 38.6 Å². The fraction of sp³-hybridized carbons (Fsp3) is 0.258. The van der Waals surface area contributed by atoms with Crippen molar-refractivity contribution < 1.29 is 14.7 Å². The van der Waals surface area contributed by atoms with Gasteiger partial charge in [-0.15, -0.1) is 0 Å². The van der Waals surface area contributed by atoms with Crippen molar-refractivity contribution in [3.63, 3.8) is 0 Å². The lowest BCUT2D eigenvalue weighted by atomic mass is 9.93. The largest absolute Gasteiger partial charge is 0.481 e. The van der Waals surface area contributed by atoms with Crippen LogP contribution in [0.3, 0.4) is 0 Å². The first kappa shape index (κ1) is 27.2. The summed E-state index contributed by atoms with van der Waals surface area (Å²) in [4.78, 5) is 32.4. The fourth-order valence-corrected chi connectivity index (χ4v) is 6.02. The Morgan fingerprint density at radius 2 is 1.85 bits per heavy atom. The van der Waals surface area contributed by atoms with Gasteiger partial charge in [-0.2, -0.15) is 0 Å². The smallest absolute Gasteiger partial charge is 0.303 e. The highest BCUT2D eigenvalue weighted by Crippen LogP contribution is 2.33. The van der Waals surface area contributed by atoms with Crippen LogP contribution in [0.25, 0.3) is 10.9 Å². The second-order valence-corrected chi connectivity index (χ2v) is 11.2. The first-order chi connectivity index (χ1) is 18.8. The van der Waals surface area contributed by atoms with E-state index >= 15 is 0 Å². The number of hydrogen-bond donors (Lipinski definition) is 2. The maximum atomic E-state index is 13.9. The third kappa shape index (κ3) is 5.94. The Morgan fingerprint density at radius 1 is 1.10 bits per heavy atom. The zero-order valence-electron chi connectivity index (χ0n) is 21.6. The molecule has 1 aromatic heterocycles. The van der Waals surface area contributed by atoms with Crippen molar-refractivity contribution >= 4 is 56.1 Å². The SMILES string of the molecule is Cc1c(N2CCc3ccccc3C2)nc2ccc(Br)cc2c1C(=O)NCC(CCC(=O)O)c1ccccc1Cl. The van der Waals surface area contributed by atoms with Crippen LogP contribution in [0.1, 0.15) is 51.4 Å². The van der Waals surface area contributed by atoms with E-state index in [-0.39, 0.29) is 24.8 Å². The van der Waals surface area contributed by atoms with Crippen LogP contribution in [0, 0.1) is 6.92 Å². The van der Waals surface area contributed by atoms with Crippen molar-refractivity contribution in [1.82, 2.24) is 10.3 Å². The van der Waals surface area contributed by atoms with Gasteiger partial charge in [0.05, 0.1) is 11.1 Å². The molecule has 1 amide bonds. The summed E-state index contributed by atoms with van der Waals surface area (Å²) >= 11 is 10.00. The number of nitrogens with one attached hydrogen (secondary N) is 1. The van der Waals surface area contributed by atoms with Crippen molar-refractivity contribution in [2.24, 2.45) is 0 Å². The van der Waals surface area contributed by atoms with Gasteiger partial charge in [0.2, 0.25) is 0 Å². The highest BCUT2D eigenvalue weighted by molar-refractivity contribution is 9.10. The van der Waals surface area contributed by atoms with Crippen molar-refractivity contribution in [3.8, 4) is 0 Å². The number of carboxylic acid groups (broad SMARTS) is 1. The summed E-state index contributed by atoms with van der Waals surface area (Å²) in [5.41, 5.74) is 5.58. The van der Waals surface area contributed by atoms with E-state index < -0.39 is 5.97 Å². The Balaban J connectivity index is 1.48. The van der Waals surface area contributed by atoms with E-state index in [1.165, 1.54) is 11.1 Å². The number of benzene rings is 3. The van der Waals surface area contributed by atoms with Gasteiger partial charge < -0.3 is 15.3 Å². The van der Waals surface area contributed by atoms with Crippen LogP contribution in [0.2, 0.25) is 5.02 Å². The fourth-order valence-electron chi connectivity index (χ4n) is 5.37. The quantitative estimate of drug-likeness (QED) is 0.228. The predicted molar refractivity (Wildman–Crippen MR) is 159 cm³/mol. The number of nitrogens with zero attached hydrogens (tertiary/aromatic N) is 2. The van der Waals surface area contributed by atoms with Gasteiger partial charge in [-0.3, -0.25) is 9.59 Å². The second kappa shape index (κ2) is 11.8. The number of carboxylic acids is 1. The van der Waals surface area contributed by atoms with E-state index in [1.807, 2.05) is 43.3 Å². The number of aromatic nitrogens is 1. The molecule has 0 spiro atoms. The summed E-state index contributed by atoms with van der Waals surface area (Å²) in [7, 11) is 0. The number of fused-ring (bicyclic) bond motifs is 2. The van der Waals surface area contributed by atoms with Crippen LogP contribution in [0.5, 0.6) is 0 Å². The van der Waals surface area contributed by atoms with Gasteiger partial charge in [0, 0.05) is 52.4 Å². The van der Waals surface area contributed by atoms with Gasteiger partial charge in [0.1, 0.15) is 5.82 Å². The molecule has 1 atom stereocenters. The van der Waals surface area contributed by atoms with Gasteiger partial charge in [-0.1, -0.05) is 70.0 Å². The van der Waals surface area contributed by atoms with Crippen LogP contribution in [-0.2, 0) is 17.8 Å². The van der Waals surface area contributed by atoms with Crippen LogP contribution in [0.15, 0.2) is 71.2 Å². The summed E-state index contributed by atoms with van der Waals surface area (Å²) in [5.74, 6) is -0.536. The Hall–Kier alpha value is -3.42. The molecule has 0 bridgehead atoms. The predicted octanol–water partition coefficient (Wildman–Crippen LogP) is 6.90. The molecule has 3 aromatic carbocycles. The number of carbonyl (C=O) groups is 2. The Morgan fingerprint density at radius 3 is 2.62 bits per heavy atom. The van der Waals surface area contributed by atoms with E-state index in [2.05, 4.69) is 50.4 Å². The van der Waals surface area contributed by atoms with Crippen LogP contribution in [0.4, 0.5) is 5.82 Å². The zero-order valence-corrected chi connectivity index (χ0v) is 23.9. The van der Waals surface area contributed by atoms with Gasteiger partial charge in [0.25, 0.3) is 5.91 Å². The number of pyridine rings is 1. The molecule has 6 nitrogen and oxygen atoms in total. The maximum Gasteiger partial charge on any atom is 0.303 e. The zero-order chi connectivity index (χ0) is 27.5. The lowest BCUT2D eigenvalue weighted by Crippen LogP contribution is -2.33. The molecule has 2 N–H and O–H groups in total. The first-order valence-corrected chi connectivity index (χ1v) is 14.1. The highest BCUT2D eigenvalue weighted by atomic mass is 79.9. The number of carbonyl (C=O) groups excluding carboxylic acids is 1. The van der Waals surface area contributed by atoms with Crippen molar-refractivity contribution in [1.29, 1.82) is 0 Å². The Labute approximate surface area is 241 Å². The van der Waals surface area contributed by atoms with Crippen molar-refractivity contribution in [2.75, 3.05) is 18.0 Å². The standard InChI is InChI=1S/C31H29BrClN3O3/c1-19-29(31(39)34-17-21(10-13-28(37)38)24-8-4-5-9-26(24)33)25-16-23(32)11-12-27(25)35-30(19)36-15-14-20-6-2-3-7-22(20)18-36/h2-9,11-12,16,21H,10,13-15,17-18H2,1H3,(H,34,39)(H,37,38). The monoisotopic (exact) mass is 605 g/mol. The average Bonchev–Trinajstić information content (AvgIpc) is 2.93. The molecular weight excluding hydrogens is 578 g/mol. The summed E-state index contributed by atoms with van der Waals surface area (Å²) in [5, 5.41) is 13.7. The van der Waals surface area contributed by atoms with E-state index in [4.69, 9.17) is 16.6 Å². The number of aliphatic carboxylic acids is 1. The molecule has 1 unspecified atom stereocenters. The van der Waals surface area contributed by atoms with Crippen LogP contribution < -0.4 is 10.2 Å². The molecule has 1 aliphatic heterocycles. The number of rotatable bonds is 8. The highest BCUT2D eigenvalue weighted by Gasteiger charge is 2.25. The summed E-state index contributed by atoms with van der Waals surface area (Å²) in [6, 6.07) is 21.6. The topological polar surface area (TPSA) is 82.5 Å². The Kier molecular flexibility index (Phi) is 8.19. The van der Waals surface area contributed by atoms with Gasteiger partial charge in [-0.25, -0.2) is 4.98 Å². The minimum Gasteiger partial charge on any atom is -0.481 e. The first-order valence-electron chi connectivity index (χ1n) is 13.0. The lowest BCUT2D eigenvalue weighted by molar-refractivity contribution is -0.137. The number of hydrogen-bond acceptors (Lipinski definition) is 4. The average molecular weight is 607 g/mol. The molecule has 5 rings (SSSR count). The molecule has 0 saturated carbocycles. The van der Waals surface area contributed by atoms with Crippen molar-refractivity contribution in [3.05, 3.63) is 104 Å². The summed E-state index contributed by atoms with van der Waals surface area (Å²) in [6.45, 7) is 3.77. The molecule has 1 aliphatic rings. The molecule has 2 heterocycles. The molecule has 0 fully saturated rings. The van der Waals surface area contributed by atoms with E-state index in [0.29, 0.717) is 17.0 Å². The molecule has 200 valence electrons. The Bertz CT molecular complexity index is 1560. The molecule has 0 aliphatic carbocycles. The minimum absolute atomic E-state index is 0.0174. The van der Waals surface area contributed by atoms with Gasteiger partial charge >= 0.3 is 5.97 Å². The number of anilines is 1. The normalized spacial score (nSPS) is 13.7. The van der Waals surface area contributed by atoms with Gasteiger partial charge in [-0.05, 0) is 60.7 Å². The van der Waals surface area contributed by atoms with E-state index in [1.54, 1.807) is 6.07 Å². The maximum absolute atomic E-state index is 13.9. The molecule has 0 saturated heterocycles. The van der Waals surface area contributed by atoms with E-state index in [0.717, 1.165) is 51.8 Å². The van der Waals surface area contributed by atoms with Crippen LogP contribution >= 0.6 is 27.5 Å². The lowest BCUT2D eigenvalue weighted by Gasteiger charge is -2.31. The molecule has 8 heteroatoms. The van der Waals surface area contributed by atoms with E-state index in [9.17, 15) is 14.7 Å². The molecular formula is C31H29BrClN3O3. The number of amides is 1. The molecule has 0 radical (unpaired) electrons. The third-order valence-electron chi connectivity index (χ3n) is 7.38. The third-order valence-corrected chi connectivity index (χ3v) is 8.22. The molecule has 4 aromatic rings. The van der Waals surface area contributed by atoms with Gasteiger partial charge in [0.15, 0.2) is 0 Å². The molecule has 39 heavy (non-hydrogen) atoms. The second-order valence-electron chi connectivity index (χ2n) is 9.90.